The molecule has 0 N–H and O–H groups in total. The van der Waals surface area contributed by atoms with E-state index in [9.17, 15) is 4.79 Å². The molecule has 1 nitrogen and oxygen atoms in total. The standard InChI is InChI=1S/C2H4OS.Ca.H2S.2H/c1-2(3)4;;;;/h1H3,(H,3,4);;1H2;;. The summed E-state index contributed by atoms with van der Waals surface area (Å²) in [6.07, 6.45) is 0. The van der Waals surface area contributed by atoms with Crippen molar-refractivity contribution in [3.63, 3.8) is 0 Å². The summed E-state index contributed by atoms with van der Waals surface area (Å²) in [7, 11) is 0. The van der Waals surface area contributed by atoms with Crippen LogP contribution in [0.3, 0.4) is 0 Å². The molecule has 0 fully saturated rings. The van der Waals surface area contributed by atoms with Crippen LogP contribution in [0.15, 0.2) is 0 Å². The SMILES string of the molecule is CC(=O)S.S.[CaH2]. The summed E-state index contributed by atoms with van der Waals surface area (Å²) in [4.78, 5) is 9.31. The maximum absolute atomic E-state index is 9.31. The molecule has 0 unspecified atom stereocenters. The molecule has 0 radical (unpaired) electrons. The second-order valence-electron chi connectivity index (χ2n) is 0.519. The molecule has 0 aliphatic carbocycles. The van der Waals surface area contributed by atoms with Crippen LogP contribution in [0, 0.1) is 0 Å². The Morgan fingerprint density at radius 3 is 1.67 bits per heavy atom. The molecule has 0 rings (SSSR count). The van der Waals surface area contributed by atoms with Crippen LogP contribution < -0.4 is 0 Å². The summed E-state index contributed by atoms with van der Waals surface area (Å²) in [5.74, 6) is 0. The van der Waals surface area contributed by atoms with Crippen LogP contribution in [-0.4, -0.2) is 42.9 Å². The maximum atomic E-state index is 9.31. The molecule has 0 atom stereocenters. The molecular formula is C2H8CaOS2. The number of hydrogen-bond donors (Lipinski definition) is 1. The third kappa shape index (κ3) is 45.4. The van der Waals surface area contributed by atoms with Crippen LogP contribution in [0.4, 0.5) is 0 Å². The summed E-state index contributed by atoms with van der Waals surface area (Å²) in [6.45, 7) is 1.39. The van der Waals surface area contributed by atoms with Gasteiger partial charge in [0.1, 0.15) is 0 Å². The topological polar surface area (TPSA) is 17.1 Å². The molecule has 0 aromatic heterocycles. The van der Waals surface area contributed by atoms with E-state index in [0.717, 1.165) is 0 Å². The summed E-state index contributed by atoms with van der Waals surface area (Å²) < 4.78 is 0. The molecule has 4 heteroatoms. The summed E-state index contributed by atoms with van der Waals surface area (Å²) >= 11 is 3.33. The quantitative estimate of drug-likeness (QED) is 0.371. The zero-order valence-corrected chi connectivity index (χ0v) is 4.75. The molecule has 0 aliphatic heterocycles. The molecule has 36 valence electrons. The van der Waals surface area contributed by atoms with Gasteiger partial charge < -0.3 is 0 Å². The first kappa shape index (κ1) is 15.6. The number of thiol groups is 1. The first-order valence-corrected chi connectivity index (χ1v) is 1.37. The molecule has 0 saturated carbocycles. The Bertz CT molecular complexity index is 34.5. The van der Waals surface area contributed by atoms with Crippen LogP contribution >= 0.6 is 26.1 Å². The predicted octanol–water partition coefficient (Wildman–Crippen LogP) is -0.341. The van der Waals surface area contributed by atoms with Crippen molar-refractivity contribution in [1.29, 1.82) is 0 Å². The first-order chi connectivity index (χ1) is 1.73. The van der Waals surface area contributed by atoms with Crippen molar-refractivity contribution in [2.75, 3.05) is 0 Å². The molecule has 0 heterocycles. The fraction of sp³-hybridized carbons (Fsp3) is 0.500. The number of carbonyl (C=O) groups excluding carboxylic acids is 1. The van der Waals surface area contributed by atoms with Gasteiger partial charge in [0.15, 0.2) is 5.12 Å². The van der Waals surface area contributed by atoms with Crippen LogP contribution in [0.1, 0.15) is 6.92 Å². The van der Waals surface area contributed by atoms with Crippen molar-refractivity contribution < 1.29 is 4.79 Å². The Balaban J connectivity index is -0.0000000450. The molecule has 0 aliphatic rings. The fourth-order valence-corrected chi connectivity index (χ4v) is 0. The average molecular weight is 152 g/mol. The number of carbonyl (C=O) groups is 1. The summed E-state index contributed by atoms with van der Waals surface area (Å²) in [6, 6.07) is 0. The van der Waals surface area contributed by atoms with Gasteiger partial charge in [-0.25, -0.2) is 0 Å². The van der Waals surface area contributed by atoms with Gasteiger partial charge in [0, 0.05) is 6.92 Å². The van der Waals surface area contributed by atoms with Gasteiger partial charge >= 0.3 is 37.7 Å². The van der Waals surface area contributed by atoms with E-state index in [1.165, 1.54) is 6.92 Å². The third-order valence-corrected chi connectivity index (χ3v) is 0. The van der Waals surface area contributed by atoms with Crippen LogP contribution in [0.5, 0.6) is 0 Å². The Morgan fingerprint density at radius 1 is 1.67 bits per heavy atom. The number of rotatable bonds is 0. The van der Waals surface area contributed by atoms with E-state index < -0.39 is 0 Å². The van der Waals surface area contributed by atoms with Crippen molar-refractivity contribution >= 4 is 69.0 Å². The molecule has 6 heavy (non-hydrogen) atoms. The van der Waals surface area contributed by atoms with Crippen molar-refractivity contribution in [3.8, 4) is 0 Å². The summed E-state index contributed by atoms with van der Waals surface area (Å²) in [5, 5.41) is -0.139. The van der Waals surface area contributed by atoms with Crippen molar-refractivity contribution in [2.45, 2.75) is 6.92 Å². The zero-order chi connectivity index (χ0) is 3.58. The van der Waals surface area contributed by atoms with E-state index in [2.05, 4.69) is 12.6 Å². The van der Waals surface area contributed by atoms with Crippen LogP contribution in [0.2, 0.25) is 0 Å². The van der Waals surface area contributed by atoms with Gasteiger partial charge in [-0.15, -0.1) is 12.6 Å². The van der Waals surface area contributed by atoms with E-state index in [1.807, 2.05) is 0 Å². The van der Waals surface area contributed by atoms with Crippen LogP contribution in [-0.2, 0) is 4.79 Å². The van der Waals surface area contributed by atoms with E-state index in [1.54, 1.807) is 0 Å². The second-order valence-corrected chi connectivity index (χ2v) is 1.15. The van der Waals surface area contributed by atoms with Crippen molar-refractivity contribution in [2.24, 2.45) is 0 Å². The Kier molecular flexibility index (Phi) is 25.6. The van der Waals surface area contributed by atoms with Crippen molar-refractivity contribution in [3.05, 3.63) is 0 Å². The molecular weight excluding hydrogens is 144 g/mol. The van der Waals surface area contributed by atoms with Gasteiger partial charge in [-0.2, -0.15) is 13.5 Å². The normalized spacial score (nSPS) is 4.33. The Labute approximate surface area is 79.7 Å². The Morgan fingerprint density at radius 2 is 1.67 bits per heavy atom. The zero-order valence-electron chi connectivity index (χ0n) is 2.86. The monoisotopic (exact) mass is 152 g/mol. The summed E-state index contributed by atoms with van der Waals surface area (Å²) in [5.41, 5.74) is 0. The van der Waals surface area contributed by atoms with Gasteiger partial charge in [-0.3, -0.25) is 4.79 Å². The van der Waals surface area contributed by atoms with E-state index >= 15 is 0 Å². The predicted molar refractivity (Wildman–Crippen MR) is 38.6 cm³/mol. The minimum absolute atomic E-state index is 0. The average Bonchev–Trinajstić information content (AvgIpc) is 0.811. The molecule has 0 aromatic rings. The fourth-order valence-electron chi connectivity index (χ4n) is 0. The van der Waals surface area contributed by atoms with E-state index in [-0.39, 0.29) is 56.3 Å². The van der Waals surface area contributed by atoms with Gasteiger partial charge in [-0.1, -0.05) is 0 Å². The molecule has 0 spiro atoms. The van der Waals surface area contributed by atoms with E-state index in [0.29, 0.717) is 0 Å². The van der Waals surface area contributed by atoms with Crippen molar-refractivity contribution in [1.82, 2.24) is 0 Å². The first-order valence-electron chi connectivity index (χ1n) is 0.928. The van der Waals surface area contributed by atoms with Gasteiger partial charge in [-0.05, 0) is 0 Å². The third-order valence-electron chi connectivity index (χ3n) is 0. The Hall–Kier alpha value is 1.63. The molecule has 0 amide bonds. The second kappa shape index (κ2) is 9.80. The molecule has 0 saturated heterocycles. The van der Waals surface area contributed by atoms with Gasteiger partial charge in [0.25, 0.3) is 0 Å². The van der Waals surface area contributed by atoms with E-state index in [4.69, 9.17) is 0 Å². The van der Waals surface area contributed by atoms with Gasteiger partial charge in [0.2, 0.25) is 0 Å². The minimum atomic E-state index is -0.139. The molecule has 0 bridgehead atoms. The number of hydrogen-bond acceptors (Lipinski definition) is 1. The molecule has 0 aromatic carbocycles. The van der Waals surface area contributed by atoms with Crippen LogP contribution in [0.25, 0.3) is 0 Å². The van der Waals surface area contributed by atoms with Gasteiger partial charge in [0.05, 0.1) is 0 Å².